The van der Waals surface area contributed by atoms with Crippen LogP contribution in [0.1, 0.15) is 55.9 Å². The zero-order chi connectivity index (χ0) is 34.9. The summed E-state index contributed by atoms with van der Waals surface area (Å²) in [4.78, 5) is 59.8. The van der Waals surface area contributed by atoms with Crippen LogP contribution in [-0.2, 0) is 25.6 Å². The van der Waals surface area contributed by atoms with Gasteiger partial charge in [0, 0.05) is 19.2 Å². The number of likely N-dealkylation sites (tertiary alicyclic amines) is 1. The predicted molar refractivity (Wildman–Crippen MR) is 189 cm³/mol. The van der Waals surface area contributed by atoms with E-state index in [1.165, 1.54) is 0 Å². The van der Waals surface area contributed by atoms with E-state index in [-0.39, 0.29) is 24.3 Å². The van der Waals surface area contributed by atoms with Crippen LogP contribution in [0.5, 0.6) is 5.75 Å². The van der Waals surface area contributed by atoms with Crippen molar-refractivity contribution in [1.82, 2.24) is 25.8 Å². The molecule has 6 atom stereocenters. The van der Waals surface area contributed by atoms with Gasteiger partial charge in [-0.2, -0.15) is 0 Å². The number of nitrogens with zero attached hydrogens (tertiary/aromatic N) is 2. The highest BCUT2D eigenvalue weighted by atomic mass is 16.5. The molecule has 3 aromatic rings. The second-order valence-electron chi connectivity index (χ2n) is 13.1. The first-order valence-electron chi connectivity index (χ1n) is 17.1. The molecule has 3 heterocycles. The fourth-order valence-electron chi connectivity index (χ4n) is 6.61. The molecular formula is C39H47N5O5. The summed E-state index contributed by atoms with van der Waals surface area (Å²) in [6, 6.07) is 22.6. The monoisotopic (exact) mass is 665 g/mol. The molecule has 10 nitrogen and oxygen atoms in total. The lowest BCUT2D eigenvalue weighted by Gasteiger charge is -2.35. The number of carbonyl (C=O) groups is 4. The van der Waals surface area contributed by atoms with Crippen molar-refractivity contribution in [2.24, 2.45) is 5.92 Å². The van der Waals surface area contributed by atoms with Crippen LogP contribution in [0.3, 0.4) is 0 Å². The van der Waals surface area contributed by atoms with Crippen LogP contribution in [0.2, 0.25) is 0 Å². The van der Waals surface area contributed by atoms with Gasteiger partial charge in [0.05, 0.1) is 6.04 Å². The molecule has 0 aliphatic carbocycles. The first-order valence-corrected chi connectivity index (χ1v) is 17.1. The Hall–Kier alpha value is -4.96. The van der Waals surface area contributed by atoms with Crippen LogP contribution >= 0.6 is 0 Å². The Balaban J connectivity index is 1.52. The summed E-state index contributed by atoms with van der Waals surface area (Å²) in [5.74, 6) is -0.951. The summed E-state index contributed by atoms with van der Waals surface area (Å²) < 4.78 is 6.53. The van der Waals surface area contributed by atoms with E-state index in [0.717, 1.165) is 17.5 Å². The van der Waals surface area contributed by atoms with E-state index in [1.807, 2.05) is 106 Å². The number of nitrogens with one attached hydrogen (secondary N) is 3. The molecule has 0 spiro atoms. The van der Waals surface area contributed by atoms with Crippen molar-refractivity contribution in [2.75, 3.05) is 20.6 Å². The standard InChI is InChI=1S/C39H47N5O5/c1-5-26(2)34(43(3)4)39(48)44-24-12-17-32(44)37(46)42-33-35(29-15-10-7-11-16-29)49-30-20-18-27(19-21-30)22-23-40-36(45)31(41-38(33)47)25-28-13-8-6-9-14-28/h6-11,13-16,18-23,26,31-35H,5,12,17,24-25H2,1-4H3,(H,40,45)(H,41,47)(H,42,46)/t26-,31+,32+,33+,34-,35+/m0/s1. The second-order valence-corrected chi connectivity index (χ2v) is 13.1. The van der Waals surface area contributed by atoms with E-state index >= 15 is 0 Å². The molecule has 258 valence electrons. The highest BCUT2D eigenvalue weighted by Crippen LogP contribution is 2.28. The van der Waals surface area contributed by atoms with Gasteiger partial charge in [0.15, 0.2) is 6.10 Å². The number of hydrogen-bond acceptors (Lipinski definition) is 6. The molecule has 3 aliphatic rings. The summed E-state index contributed by atoms with van der Waals surface area (Å²) in [7, 11) is 3.76. The zero-order valence-corrected chi connectivity index (χ0v) is 28.7. The third-order valence-corrected chi connectivity index (χ3v) is 9.40. The van der Waals surface area contributed by atoms with Crippen molar-refractivity contribution < 1.29 is 23.9 Å². The molecule has 0 radical (unpaired) electrons. The van der Waals surface area contributed by atoms with E-state index in [2.05, 4.69) is 16.0 Å². The molecular weight excluding hydrogens is 618 g/mol. The van der Waals surface area contributed by atoms with Crippen LogP contribution in [0.4, 0.5) is 0 Å². The Bertz CT molecular complexity index is 1610. The molecule has 4 amide bonds. The summed E-state index contributed by atoms with van der Waals surface area (Å²) in [5, 5.41) is 8.73. The fraction of sp³-hybridized carbons (Fsp3) is 0.385. The Morgan fingerprint density at radius 1 is 0.959 bits per heavy atom. The molecule has 49 heavy (non-hydrogen) atoms. The van der Waals surface area contributed by atoms with E-state index in [1.54, 1.807) is 29.3 Å². The zero-order valence-electron chi connectivity index (χ0n) is 28.7. The average Bonchev–Trinajstić information content (AvgIpc) is 3.61. The highest BCUT2D eigenvalue weighted by Gasteiger charge is 2.42. The Morgan fingerprint density at radius 2 is 1.63 bits per heavy atom. The minimum atomic E-state index is -1.25. The van der Waals surface area contributed by atoms with Crippen LogP contribution in [-0.4, -0.2) is 78.2 Å². The number of rotatable bonds is 9. The maximum absolute atomic E-state index is 14.5. The van der Waals surface area contributed by atoms with Crippen molar-refractivity contribution in [3.63, 3.8) is 0 Å². The first-order chi connectivity index (χ1) is 23.7. The maximum Gasteiger partial charge on any atom is 0.247 e. The van der Waals surface area contributed by atoms with Crippen LogP contribution < -0.4 is 20.7 Å². The highest BCUT2D eigenvalue weighted by molar-refractivity contribution is 5.96. The molecule has 3 N–H and O–H groups in total. The summed E-state index contributed by atoms with van der Waals surface area (Å²) in [6.07, 6.45) is 4.52. The van der Waals surface area contributed by atoms with E-state index in [4.69, 9.17) is 4.74 Å². The SMILES string of the molecule is CC[C@H](C)[C@@H](C(=O)N1CCC[C@@H]1C(=O)N[C@H]1C(=O)N[C@H](Cc2ccccc2)C(=O)NC=Cc2ccc(cc2)O[C@@H]1c1ccccc1)N(C)C. The smallest absolute Gasteiger partial charge is 0.247 e. The van der Waals surface area contributed by atoms with Gasteiger partial charge in [0.1, 0.15) is 23.9 Å². The van der Waals surface area contributed by atoms with E-state index < -0.39 is 42.0 Å². The van der Waals surface area contributed by atoms with Gasteiger partial charge in [-0.15, -0.1) is 0 Å². The van der Waals surface area contributed by atoms with E-state index in [9.17, 15) is 19.2 Å². The summed E-state index contributed by atoms with van der Waals surface area (Å²) in [6.45, 7) is 4.54. The third-order valence-electron chi connectivity index (χ3n) is 9.40. The molecule has 0 aromatic heterocycles. The van der Waals surface area contributed by atoms with Gasteiger partial charge in [-0.3, -0.25) is 24.1 Å². The largest absolute Gasteiger partial charge is 0.483 e. The van der Waals surface area contributed by atoms with Gasteiger partial charge in [0.25, 0.3) is 0 Å². The summed E-state index contributed by atoms with van der Waals surface area (Å²) in [5.41, 5.74) is 2.36. The van der Waals surface area contributed by atoms with Gasteiger partial charge in [-0.05, 0) is 67.8 Å². The second kappa shape index (κ2) is 16.4. The first kappa shape index (κ1) is 35.3. The Morgan fingerprint density at radius 3 is 2.29 bits per heavy atom. The van der Waals surface area contributed by atoms with Gasteiger partial charge >= 0.3 is 0 Å². The maximum atomic E-state index is 14.5. The van der Waals surface area contributed by atoms with Gasteiger partial charge in [-0.25, -0.2) is 0 Å². The van der Waals surface area contributed by atoms with Gasteiger partial charge in [-0.1, -0.05) is 93.1 Å². The van der Waals surface area contributed by atoms with E-state index in [0.29, 0.717) is 30.7 Å². The van der Waals surface area contributed by atoms with Crippen molar-refractivity contribution >= 4 is 29.7 Å². The molecule has 10 heteroatoms. The van der Waals surface area contributed by atoms with Crippen molar-refractivity contribution in [1.29, 1.82) is 0 Å². The number of amides is 4. The number of benzene rings is 3. The number of ether oxygens (including phenoxy) is 1. The minimum Gasteiger partial charge on any atom is -0.483 e. The molecule has 1 fully saturated rings. The fourth-order valence-corrected chi connectivity index (χ4v) is 6.61. The Kier molecular flexibility index (Phi) is 11.9. The number of carbonyl (C=O) groups excluding carboxylic acids is 4. The summed E-state index contributed by atoms with van der Waals surface area (Å²) >= 11 is 0. The molecule has 6 rings (SSSR count). The molecule has 2 bridgehead atoms. The lowest BCUT2D eigenvalue weighted by molar-refractivity contribution is -0.144. The third kappa shape index (κ3) is 8.75. The molecule has 0 unspecified atom stereocenters. The lowest BCUT2D eigenvalue weighted by Crippen LogP contribution is -2.60. The van der Waals surface area contributed by atoms with Crippen LogP contribution in [0.25, 0.3) is 6.08 Å². The molecule has 3 aliphatic heterocycles. The number of likely N-dealkylation sites (N-methyl/N-ethyl adjacent to an activating group) is 1. The van der Waals surface area contributed by atoms with Crippen LogP contribution in [0.15, 0.2) is 91.1 Å². The minimum absolute atomic E-state index is 0.0852. The predicted octanol–water partition coefficient (Wildman–Crippen LogP) is 4.09. The number of fused-ring (bicyclic) bond motifs is 10. The van der Waals surface area contributed by atoms with Gasteiger partial charge < -0.3 is 25.6 Å². The van der Waals surface area contributed by atoms with Crippen molar-refractivity contribution in [2.45, 2.75) is 69.8 Å². The average molecular weight is 666 g/mol. The lowest BCUT2D eigenvalue weighted by atomic mass is 9.96. The van der Waals surface area contributed by atoms with Crippen molar-refractivity contribution in [3.8, 4) is 5.75 Å². The quantitative estimate of drug-likeness (QED) is 0.317. The molecule has 0 saturated carbocycles. The topological polar surface area (TPSA) is 120 Å². The molecule has 3 aromatic carbocycles. The molecule has 1 saturated heterocycles. The van der Waals surface area contributed by atoms with Crippen LogP contribution in [0, 0.1) is 5.92 Å². The van der Waals surface area contributed by atoms with Gasteiger partial charge in [0.2, 0.25) is 23.6 Å². The normalized spacial score (nSPS) is 22.4. The Labute approximate surface area is 288 Å². The number of hydrogen-bond donors (Lipinski definition) is 3. The van der Waals surface area contributed by atoms with Crippen molar-refractivity contribution in [3.05, 3.63) is 108 Å².